The van der Waals surface area contributed by atoms with Gasteiger partial charge >= 0.3 is 23.9 Å². The minimum absolute atomic E-state index is 0.0149. The summed E-state index contributed by atoms with van der Waals surface area (Å²) < 4.78 is 0. The van der Waals surface area contributed by atoms with E-state index < -0.39 is 40.6 Å². The average molecular weight is 430 g/mol. The van der Waals surface area contributed by atoms with Crippen molar-refractivity contribution in [1.29, 1.82) is 0 Å². The van der Waals surface area contributed by atoms with Crippen molar-refractivity contribution in [1.82, 2.24) is 0 Å². The molecule has 0 bridgehead atoms. The second-order valence-electron chi connectivity index (χ2n) is 7.00. The summed E-state index contributed by atoms with van der Waals surface area (Å²) in [4.78, 5) is 47.8. The van der Waals surface area contributed by atoms with E-state index in [-0.39, 0.29) is 21.9 Å². The van der Waals surface area contributed by atoms with E-state index in [0.29, 0.717) is 10.9 Å². The van der Waals surface area contributed by atoms with Crippen LogP contribution >= 0.6 is 0 Å². The smallest absolute Gasteiger partial charge is 0.337 e. The molecule has 0 saturated heterocycles. The van der Waals surface area contributed by atoms with Crippen LogP contribution in [-0.4, -0.2) is 44.3 Å². The molecule has 0 saturated carbocycles. The molecule has 8 nitrogen and oxygen atoms in total. The van der Waals surface area contributed by atoms with Gasteiger partial charge in [-0.2, -0.15) is 0 Å². The molecule has 158 valence electrons. The highest BCUT2D eigenvalue weighted by molar-refractivity contribution is 6.23. The highest BCUT2D eigenvalue weighted by Crippen LogP contribution is 2.40. The standard InChI is InChI=1S/C24H14O8/c25-21(26)15-9-8-14-18(13-7-3-5-11-4-1-2-6-12(11)13)16(22(27)28)10-17(23(29)30)19(14)20(15)24(31)32/h1-10H,(H,25,26)(H,27,28)(H,29,30)(H,31,32). The van der Waals surface area contributed by atoms with Gasteiger partial charge < -0.3 is 20.4 Å². The van der Waals surface area contributed by atoms with Gasteiger partial charge in [-0.05, 0) is 33.9 Å². The van der Waals surface area contributed by atoms with Crippen LogP contribution in [-0.2, 0) is 0 Å². The van der Waals surface area contributed by atoms with Gasteiger partial charge in [0.15, 0.2) is 0 Å². The molecule has 4 N–H and O–H groups in total. The lowest BCUT2D eigenvalue weighted by Crippen LogP contribution is -2.13. The summed E-state index contributed by atoms with van der Waals surface area (Å²) in [5, 5.41) is 40.0. The first kappa shape index (κ1) is 20.5. The van der Waals surface area contributed by atoms with E-state index in [2.05, 4.69) is 0 Å². The molecule has 0 atom stereocenters. The lowest BCUT2D eigenvalue weighted by atomic mass is 9.85. The highest BCUT2D eigenvalue weighted by Gasteiger charge is 2.28. The molecule has 0 spiro atoms. The minimum Gasteiger partial charge on any atom is -0.478 e. The quantitative estimate of drug-likeness (QED) is 0.363. The Kier molecular flexibility index (Phi) is 4.82. The first-order chi connectivity index (χ1) is 15.2. The predicted octanol–water partition coefficient (Wildman–Crippen LogP) is 4.45. The van der Waals surface area contributed by atoms with Crippen molar-refractivity contribution in [3.8, 4) is 11.1 Å². The summed E-state index contributed by atoms with van der Waals surface area (Å²) in [6.45, 7) is 0. The summed E-state index contributed by atoms with van der Waals surface area (Å²) in [5.41, 5.74) is -1.71. The van der Waals surface area contributed by atoms with Crippen LogP contribution < -0.4 is 0 Å². The summed E-state index contributed by atoms with van der Waals surface area (Å²) >= 11 is 0. The number of aromatic carboxylic acids is 4. The Balaban J connectivity index is 2.32. The average Bonchev–Trinajstić information content (AvgIpc) is 2.76. The summed E-state index contributed by atoms with van der Waals surface area (Å²) in [6, 6.07) is 15.5. The second kappa shape index (κ2) is 7.51. The SMILES string of the molecule is O=C(O)c1cc(C(=O)O)c2c(C(=O)O)c(C(=O)O)ccc2c1-c1cccc2ccccc12. The van der Waals surface area contributed by atoms with Crippen LogP contribution in [0, 0.1) is 0 Å². The molecular formula is C24H14O8. The van der Waals surface area contributed by atoms with Crippen LogP contribution in [0.5, 0.6) is 0 Å². The summed E-state index contributed by atoms with van der Waals surface area (Å²) in [7, 11) is 0. The van der Waals surface area contributed by atoms with Crippen molar-refractivity contribution in [2.45, 2.75) is 0 Å². The molecule has 4 rings (SSSR count). The van der Waals surface area contributed by atoms with Gasteiger partial charge in [0.25, 0.3) is 0 Å². The zero-order chi connectivity index (χ0) is 23.2. The predicted molar refractivity (Wildman–Crippen MR) is 115 cm³/mol. The number of hydrogen-bond acceptors (Lipinski definition) is 4. The summed E-state index contributed by atoms with van der Waals surface area (Å²) in [5.74, 6) is -6.17. The number of rotatable bonds is 5. The van der Waals surface area contributed by atoms with Crippen LogP contribution in [0.1, 0.15) is 41.4 Å². The van der Waals surface area contributed by atoms with E-state index in [0.717, 1.165) is 17.5 Å². The molecule has 8 heteroatoms. The first-order valence-corrected chi connectivity index (χ1v) is 9.27. The fourth-order valence-corrected chi connectivity index (χ4v) is 4.00. The second-order valence-corrected chi connectivity index (χ2v) is 7.00. The number of fused-ring (bicyclic) bond motifs is 2. The Bertz CT molecular complexity index is 1480. The number of carboxylic acids is 4. The van der Waals surface area contributed by atoms with Crippen LogP contribution in [0.25, 0.3) is 32.7 Å². The fraction of sp³-hybridized carbons (Fsp3) is 0. The third-order valence-electron chi connectivity index (χ3n) is 5.27. The topological polar surface area (TPSA) is 149 Å². The molecule has 0 heterocycles. The Labute approximate surface area is 179 Å². The molecule has 4 aromatic carbocycles. The van der Waals surface area contributed by atoms with Crippen LogP contribution in [0.15, 0.2) is 60.7 Å². The molecule has 0 amide bonds. The molecule has 0 radical (unpaired) electrons. The molecule has 0 fully saturated rings. The minimum atomic E-state index is -1.64. The maximum absolute atomic E-state index is 12.1. The van der Waals surface area contributed by atoms with Crippen molar-refractivity contribution < 1.29 is 39.6 Å². The van der Waals surface area contributed by atoms with E-state index in [9.17, 15) is 39.6 Å². The molecule has 4 aromatic rings. The van der Waals surface area contributed by atoms with Gasteiger partial charge in [0, 0.05) is 10.9 Å². The Morgan fingerprint density at radius 3 is 1.81 bits per heavy atom. The van der Waals surface area contributed by atoms with Crippen molar-refractivity contribution in [3.63, 3.8) is 0 Å². The Hall–Kier alpha value is -4.72. The van der Waals surface area contributed by atoms with Gasteiger partial charge in [0.05, 0.1) is 22.3 Å². The Morgan fingerprint density at radius 2 is 1.19 bits per heavy atom. The fourth-order valence-electron chi connectivity index (χ4n) is 4.00. The van der Waals surface area contributed by atoms with Crippen molar-refractivity contribution in [2.75, 3.05) is 0 Å². The van der Waals surface area contributed by atoms with Gasteiger partial charge in [-0.1, -0.05) is 48.5 Å². The van der Waals surface area contributed by atoms with E-state index in [1.807, 2.05) is 12.1 Å². The van der Waals surface area contributed by atoms with E-state index in [1.165, 1.54) is 6.07 Å². The zero-order valence-electron chi connectivity index (χ0n) is 16.2. The van der Waals surface area contributed by atoms with Crippen molar-refractivity contribution in [3.05, 3.63) is 82.9 Å². The Morgan fingerprint density at radius 1 is 0.562 bits per heavy atom. The van der Waals surface area contributed by atoms with Gasteiger partial charge in [-0.15, -0.1) is 0 Å². The van der Waals surface area contributed by atoms with Crippen LogP contribution in [0.2, 0.25) is 0 Å². The maximum atomic E-state index is 12.1. The lowest BCUT2D eigenvalue weighted by Gasteiger charge is -2.17. The van der Waals surface area contributed by atoms with Crippen molar-refractivity contribution >= 4 is 45.4 Å². The monoisotopic (exact) mass is 430 g/mol. The number of carboxylic acid groups (broad SMARTS) is 4. The molecule has 0 aliphatic rings. The molecule has 0 aliphatic carbocycles. The van der Waals surface area contributed by atoms with Crippen LogP contribution in [0.4, 0.5) is 0 Å². The molecule has 0 unspecified atom stereocenters. The molecule has 0 aliphatic heterocycles. The van der Waals surface area contributed by atoms with E-state index in [4.69, 9.17) is 0 Å². The van der Waals surface area contributed by atoms with Gasteiger partial charge in [0.1, 0.15) is 0 Å². The normalized spacial score (nSPS) is 10.9. The zero-order valence-corrected chi connectivity index (χ0v) is 16.2. The van der Waals surface area contributed by atoms with Crippen LogP contribution in [0.3, 0.4) is 0 Å². The first-order valence-electron chi connectivity index (χ1n) is 9.27. The number of hydrogen-bond donors (Lipinski definition) is 4. The molecular weight excluding hydrogens is 416 g/mol. The van der Waals surface area contributed by atoms with Crippen molar-refractivity contribution in [2.24, 2.45) is 0 Å². The maximum Gasteiger partial charge on any atom is 0.337 e. The van der Waals surface area contributed by atoms with E-state index >= 15 is 0 Å². The third-order valence-corrected chi connectivity index (χ3v) is 5.27. The van der Waals surface area contributed by atoms with Gasteiger partial charge in [-0.25, -0.2) is 19.2 Å². The lowest BCUT2D eigenvalue weighted by molar-refractivity contribution is 0.0652. The largest absolute Gasteiger partial charge is 0.478 e. The van der Waals surface area contributed by atoms with E-state index in [1.54, 1.807) is 30.3 Å². The van der Waals surface area contributed by atoms with Gasteiger partial charge in [0.2, 0.25) is 0 Å². The van der Waals surface area contributed by atoms with Gasteiger partial charge in [-0.3, -0.25) is 0 Å². The molecule has 0 aromatic heterocycles. The highest BCUT2D eigenvalue weighted by atomic mass is 16.4. The number of carbonyl (C=O) groups is 4. The number of benzene rings is 4. The summed E-state index contributed by atoms with van der Waals surface area (Å²) in [6.07, 6.45) is 0. The third kappa shape index (κ3) is 3.10. The molecule has 32 heavy (non-hydrogen) atoms.